The summed E-state index contributed by atoms with van der Waals surface area (Å²) in [5.41, 5.74) is 4.76. The fourth-order valence-corrected chi connectivity index (χ4v) is 6.53. The van der Waals surface area contributed by atoms with Crippen molar-refractivity contribution in [1.82, 2.24) is 4.31 Å². The first-order chi connectivity index (χ1) is 14.9. The van der Waals surface area contributed by atoms with Crippen molar-refractivity contribution in [2.45, 2.75) is 43.0 Å². The van der Waals surface area contributed by atoms with E-state index < -0.39 is 10.0 Å². The second-order valence-corrected chi connectivity index (χ2v) is 11.0. The molecule has 0 aromatic heterocycles. The number of ether oxygens (including phenoxy) is 1. The zero-order valence-electron chi connectivity index (χ0n) is 18.1. The van der Waals surface area contributed by atoms with Crippen LogP contribution in [0.4, 0.5) is 5.69 Å². The Kier molecular flexibility index (Phi) is 5.40. The summed E-state index contributed by atoms with van der Waals surface area (Å²) in [5.74, 6) is 1.13. The Morgan fingerprint density at radius 3 is 2.52 bits per heavy atom. The van der Waals surface area contributed by atoms with E-state index in [-0.39, 0.29) is 12.0 Å². The minimum Gasteiger partial charge on any atom is -0.379 e. The summed E-state index contributed by atoms with van der Waals surface area (Å²) in [7, 11) is -3.50. The highest BCUT2D eigenvalue weighted by atomic mass is 32.2. The molecule has 1 saturated heterocycles. The van der Waals surface area contributed by atoms with Crippen LogP contribution in [0.25, 0.3) is 0 Å². The summed E-state index contributed by atoms with van der Waals surface area (Å²) in [6.45, 7) is 6.16. The van der Waals surface area contributed by atoms with Crippen LogP contribution in [0.2, 0.25) is 0 Å². The molecule has 3 unspecified atom stereocenters. The number of hydrogen-bond donors (Lipinski definition) is 1. The van der Waals surface area contributed by atoms with Gasteiger partial charge in [0.2, 0.25) is 10.0 Å². The summed E-state index contributed by atoms with van der Waals surface area (Å²) in [4.78, 5) is 0.383. The molecule has 1 N–H and O–H groups in total. The molecule has 2 aromatic rings. The molecule has 0 saturated carbocycles. The molecule has 0 radical (unpaired) electrons. The van der Waals surface area contributed by atoms with E-state index in [4.69, 9.17) is 4.74 Å². The Balaban J connectivity index is 1.48. The Labute approximate surface area is 185 Å². The van der Waals surface area contributed by atoms with Gasteiger partial charge in [-0.25, -0.2) is 8.42 Å². The monoisotopic (exact) mass is 438 g/mol. The van der Waals surface area contributed by atoms with Crippen LogP contribution in [-0.4, -0.2) is 39.0 Å². The van der Waals surface area contributed by atoms with Crippen LogP contribution in [0.3, 0.4) is 0 Å². The number of benzene rings is 2. The van der Waals surface area contributed by atoms with Crippen LogP contribution in [0.5, 0.6) is 0 Å². The van der Waals surface area contributed by atoms with Gasteiger partial charge in [0.15, 0.2) is 0 Å². The summed E-state index contributed by atoms with van der Waals surface area (Å²) in [5, 5.41) is 3.72. The fourth-order valence-electron chi connectivity index (χ4n) is 5.09. The summed E-state index contributed by atoms with van der Waals surface area (Å²) in [6.07, 6.45) is 5.49. The third-order valence-corrected chi connectivity index (χ3v) is 8.80. The molecule has 3 aliphatic rings. The minimum atomic E-state index is -3.50. The molecule has 1 aliphatic carbocycles. The van der Waals surface area contributed by atoms with Crippen LogP contribution in [0, 0.1) is 5.92 Å². The van der Waals surface area contributed by atoms with E-state index in [0.29, 0.717) is 43.0 Å². The van der Waals surface area contributed by atoms with E-state index >= 15 is 0 Å². The molecule has 1 fully saturated rings. The van der Waals surface area contributed by atoms with Gasteiger partial charge in [-0.3, -0.25) is 0 Å². The molecule has 31 heavy (non-hydrogen) atoms. The van der Waals surface area contributed by atoms with Crippen molar-refractivity contribution in [2.24, 2.45) is 5.92 Å². The highest BCUT2D eigenvalue weighted by molar-refractivity contribution is 7.89. The molecule has 164 valence electrons. The van der Waals surface area contributed by atoms with E-state index in [2.05, 4.69) is 55.6 Å². The molecule has 6 heteroatoms. The first-order valence-corrected chi connectivity index (χ1v) is 12.6. The van der Waals surface area contributed by atoms with Crippen molar-refractivity contribution in [1.29, 1.82) is 0 Å². The zero-order chi connectivity index (χ0) is 21.6. The number of hydrogen-bond acceptors (Lipinski definition) is 4. The Bertz CT molecular complexity index is 1090. The fraction of sp³-hybridized carbons (Fsp3) is 0.440. The summed E-state index contributed by atoms with van der Waals surface area (Å²) < 4.78 is 33.2. The summed E-state index contributed by atoms with van der Waals surface area (Å²) >= 11 is 0. The van der Waals surface area contributed by atoms with E-state index in [1.54, 1.807) is 6.07 Å². The average molecular weight is 439 g/mol. The number of morpholine rings is 1. The highest BCUT2D eigenvalue weighted by Gasteiger charge is 2.39. The number of fused-ring (bicyclic) bond motifs is 3. The lowest BCUT2D eigenvalue weighted by molar-refractivity contribution is 0.0730. The number of anilines is 1. The van der Waals surface area contributed by atoms with Crippen molar-refractivity contribution < 1.29 is 13.2 Å². The van der Waals surface area contributed by atoms with Crippen molar-refractivity contribution in [2.75, 3.05) is 31.6 Å². The molecular formula is C25H30N2O3S. The first-order valence-electron chi connectivity index (χ1n) is 11.2. The molecule has 0 bridgehead atoms. The molecule has 5 rings (SSSR count). The molecule has 2 aliphatic heterocycles. The summed E-state index contributed by atoms with van der Waals surface area (Å²) in [6, 6.07) is 14.7. The Morgan fingerprint density at radius 2 is 1.81 bits per heavy atom. The second-order valence-electron chi connectivity index (χ2n) is 9.06. The highest BCUT2D eigenvalue weighted by Crippen LogP contribution is 2.50. The van der Waals surface area contributed by atoms with Crippen molar-refractivity contribution in [3.63, 3.8) is 0 Å². The lowest BCUT2D eigenvalue weighted by atomic mass is 9.77. The van der Waals surface area contributed by atoms with Gasteiger partial charge in [0.05, 0.1) is 24.2 Å². The van der Waals surface area contributed by atoms with E-state index in [9.17, 15) is 8.42 Å². The van der Waals surface area contributed by atoms with Gasteiger partial charge in [-0.1, -0.05) is 50.3 Å². The standard InChI is InChI=1S/C25H30N2O3S/c1-17(2)18-6-8-19(9-7-18)25-22-5-3-4-21(22)23-16-20(10-11-24(23)26-25)31(28,29)27-12-14-30-15-13-27/h3-4,6-11,16-17,21-22,25-26H,5,12-15H2,1-2H3. The van der Waals surface area contributed by atoms with Crippen molar-refractivity contribution >= 4 is 15.7 Å². The number of allylic oxidation sites excluding steroid dienone is 2. The molecule has 0 amide bonds. The van der Waals surface area contributed by atoms with Crippen molar-refractivity contribution in [3.05, 3.63) is 71.3 Å². The third-order valence-electron chi connectivity index (χ3n) is 6.90. The predicted molar refractivity (Wildman–Crippen MR) is 123 cm³/mol. The molecule has 0 spiro atoms. The first kappa shape index (κ1) is 20.7. The lowest BCUT2D eigenvalue weighted by Crippen LogP contribution is -2.40. The minimum absolute atomic E-state index is 0.218. The maximum absolute atomic E-state index is 13.2. The van der Waals surface area contributed by atoms with E-state index in [1.165, 1.54) is 15.4 Å². The van der Waals surface area contributed by atoms with Crippen LogP contribution >= 0.6 is 0 Å². The van der Waals surface area contributed by atoms with Gasteiger partial charge in [-0.05, 0) is 53.1 Å². The smallest absolute Gasteiger partial charge is 0.243 e. The Morgan fingerprint density at radius 1 is 1.06 bits per heavy atom. The predicted octanol–water partition coefficient (Wildman–Crippen LogP) is 4.66. The zero-order valence-corrected chi connectivity index (χ0v) is 18.9. The van der Waals surface area contributed by atoms with Gasteiger partial charge < -0.3 is 10.1 Å². The maximum atomic E-state index is 13.2. The van der Waals surface area contributed by atoms with Crippen LogP contribution in [0.15, 0.2) is 59.5 Å². The topological polar surface area (TPSA) is 58.6 Å². The van der Waals surface area contributed by atoms with Crippen LogP contribution in [0.1, 0.15) is 54.8 Å². The van der Waals surface area contributed by atoms with Gasteiger partial charge >= 0.3 is 0 Å². The second kappa shape index (κ2) is 8.08. The van der Waals surface area contributed by atoms with Gasteiger partial charge in [-0.2, -0.15) is 4.31 Å². The van der Waals surface area contributed by atoms with E-state index in [1.807, 2.05) is 12.1 Å². The van der Waals surface area contributed by atoms with Crippen molar-refractivity contribution in [3.8, 4) is 0 Å². The van der Waals surface area contributed by atoms with Crippen LogP contribution in [-0.2, 0) is 14.8 Å². The molecule has 2 heterocycles. The number of sulfonamides is 1. The van der Waals surface area contributed by atoms with Gasteiger partial charge in [0, 0.05) is 24.7 Å². The average Bonchev–Trinajstić information content (AvgIpc) is 3.29. The quantitative estimate of drug-likeness (QED) is 0.706. The van der Waals surface area contributed by atoms with Gasteiger partial charge in [0.1, 0.15) is 0 Å². The third kappa shape index (κ3) is 3.71. The molecule has 5 nitrogen and oxygen atoms in total. The molecule has 2 aromatic carbocycles. The number of rotatable bonds is 4. The number of nitrogens with one attached hydrogen (secondary N) is 1. The van der Waals surface area contributed by atoms with Gasteiger partial charge in [0.25, 0.3) is 0 Å². The van der Waals surface area contributed by atoms with E-state index in [0.717, 1.165) is 17.7 Å². The molecule has 3 atom stereocenters. The lowest BCUT2D eigenvalue weighted by Gasteiger charge is -2.38. The SMILES string of the molecule is CC(C)c1ccc(C2Nc3ccc(S(=O)(=O)N4CCOCC4)cc3C3C=CCC32)cc1. The maximum Gasteiger partial charge on any atom is 0.243 e. The van der Waals surface area contributed by atoms with Gasteiger partial charge in [-0.15, -0.1) is 0 Å². The Hall–Kier alpha value is -2.15. The normalized spacial score (nSPS) is 25.8. The molecular weight excluding hydrogens is 408 g/mol. The number of nitrogens with zero attached hydrogens (tertiary/aromatic N) is 1. The largest absolute Gasteiger partial charge is 0.379 e. The van der Waals surface area contributed by atoms with Crippen LogP contribution < -0.4 is 5.32 Å².